The lowest BCUT2D eigenvalue weighted by atomic mass is 9.69. The lowest BCUT2D eigenvalue weighted by Crippen LogP contribution is -2.41. The van der Waals surface area contributed by atoms with Gasteiger partial charge in [0.25, 0.3) is 5.90 Å². The number of carboxylic acids is 1. The van der Waals surface area contributed by atoms with Crippen molar-refractivity contribution in [3.63, 3.8) is 0 Å². The first-order valence-corrected chi connectivity index (χ1v) is 14.1. The van der Waals surface area contributed by atoms with Crippen molar-refractivity contribution in [2.24, 2.45) is 5.16 Å². The van der Waals surface area contributed by atoms with Crippen LogP contribution in [0.15, 0.2) is 114 Å². The Bertz CT molecular complexity index is 1490. The number of carboxylic acid groups (broad SMARTS) is 1. The number of benzene rings is 4. The Morgan fingerprint density at radius 2 is 1.26 bits per heavy atom. The van der Waals surface area contributed by atoms with E-state index in [0.29, 0.717) is 43.3 Å². The van der Waals surface area contributed by atoms with Crippen LogP contribution in [0.2, 0.25) is 0 Å². The van der Waals surface area contributed by atoms with E-state index in [2.05, 4.69) is 5.16 Å². The summed E-state index contributed by atoms with van der Waals surface area (Å²) >= 11 is 0. The van der Waals surface area contributed by atoms with Crippen molar-refractivity contribution in [1.29, 1.82) is 0 Å². The number of rotatable bonds is 10. The minimum Gasteiger partial charge on any atom is -0.478 e. The molecule has 0 bridgehead atoms. The highest BCUT2D eigenvalue weighted by Crippen LogP contribution is 2.41. The van der Waals surface area contributed by atoms with Gasteiger partial charge in [-0.15, -0.1) is 0 Å². The molecule has 0 atom stereocenters. The van der Waals surface area contributed by atoms with Crippen LogP contribution in [0.1, 0.15) is 64.7 Å². The Morgan fingerprint density at radius 1 is 0.690 bits per heavy atom. The van der Waals surface area contributed by atoms with Crippen molar-refractivity contribution in [3.8, 4) is 5.75 Å². The Kier molecular flexibility index (Phi) is 9.29. The first kappa shape index (κ1) is 28.6. The highest BCUT2D eigenvalue weighted by Gasteiger charge is 2.43. The number of nitrogens with zero attached hydrogens (tertiary/aromatic N) is 1. The molecule has 0 aromatic heterocycles. The van der Waals surface area contributed by atoms with Gasteiger partial charge in [0, 0.05) is 5.56 Å². The van der Waals surface area contributed by atoms with Gasteiger partial charge < -0.3 is 19.4 Å². The maximum Gasteiger partial charge on any atom is 0.335 e. The summed E-state index contributed by atoms with van der Waals surface area (Å²) in [5.41, 5.74) is 2.81. The summed E-state index contributed by atoms with van der Waals surface area (Å²) in [5.74, 6) is -0.611. The van der Waals surface area contributed by atoms with Gasteiger partial charge in [-0.05, 0) is 71.1 Å². The van der Waals surface area contributed by atoms with Gasteiger partial charge in [-0.25, -0.2) is 4.79 Å². The van der Waals surface area contributed by atoms with E-state index in [1.54, 1.807) is 48.5 Å². The van der Waals surface area contributed by atoms with Crippen LogP contribution in [0.4, 0.5) is 0 Å². The molecule has 5 rings (SSSR count). The molecule has 7 heteroatoms. The Morgan fingerprint density at radius 3 is 1.86 bits per heavy atom. The summed E-state index contributed by atoms with van der Waals surface area (Å²) in [7, 11) is 0. The smallest absolute Gasteiger partial charge is 0.335 e. The molecule has 1 N–H and O–H groups in total. The molecule has 1 aliphatic rings. The van der Waals surface area contributed by atoms with E-state index in [1.807, 2.05) is 60.7 Å². The number of aromatic carboxylic acids is 1. The highest BCUT2D eigenvalue weighted by atomic mass is 16.6. The number of hydrogen-bond acceptors (Lipinski definition) is 6. The fourth-order valence-corrected chi connectivity index (χ4v) is 5.20. The van der Waals surface area contributed by atoms with Gasteiger partial charge in [-0.3, -0.25) is 4.79 Å². The topological polar surface area (TPSA) is 94.4 Å². The van der Waals surface area contributed by atoms with E-state index in [4.69, 9.17) is 14.3 Å². The molecule has 1 fully saturated rings. The van der Waals surface area contributed by atoms with E-state index in [1.165, 1.54) is 0 Å². The standard InChI is InChI=1S/C35H33NO6/c37-33(38)29-14-18-30(19-15-29)35(22-8-3-9-23-35)34(39)42-31-20-16-28(17-21-31)32(40-24-26-10-4-1-5-11-26)36-41-25-27-12-6-2-7-13-27/h1-2,4-7,10-21H,3,8-9,22-25H2,(H,37,38). The Balaban J connectivity index is 1.32. The van der Waals surface area contributed by atoms with E-state index in [-0.39, 0.29) is 11.5 Å². The average Bonchev–Trinajstić information content (AvgIpc) is 3.04. The van der Waals surface area contributed by atoms with E-state index in [9.17, 15) is 14.7 Å². The third-order valence-corrected chi connectivity index (χ3v) is 7.53. The molecule has 0 heterocycles. The zero-order chi connectivity index (χ0) is 29.2. The van der Waals surface area contributed by atoms with Crippen molar-refractivity contribution >= 4 is 17.8 Å². The Hall–Kier alpha value is -4.91. The van der Waals surface area contributed by atoms with Crippen LogP contribution in [-0.2, 0) is 33.0 Å². The van der Waals surface area contributed by atoms with E-state index in [0.717, 1.165) is 36.0 Å². The molecule has 0 amide bonds. The lowest BCUT2D eigenvalue weighted by Gasteiger charge is -2.35. The highest BCUT2D eigenvalue weighted by molar-refractivity contribution is 5.94. The summed E-state index contributed by atoms with van der Waals surface area (Å²) in [6.07, 6.45) is 4.15. The van der Waals surface area contributed by atoms with Gasteiger partial charge >= 0.3 is 11.9 Å². The van der Waals surface area contributed by atoms with Crippen LogP contribution < -0.4 is 4.74 Å². The molecule has 1 saturated carbocycles. The quantitative estimate of drug-likeness (QED) is 0.0716. The molecule has 0 spiro atoms. The zero-order valence-corrected chi connectivity index (χ0v) is 23.3. The first-order chi connectivity index (χ1) is 20.5. The molecule has 0 aliphatic heterocycles. The molecular formula is C35H33NO6. The predicted octanol–water partition coefficient (Wildman–Crippen LogP) is 7.29. The maximum absolute atomic E-state index is 13.7. The fraction of sp³-hybridized carbons (Fsp3) is 0.229. The SMILES string of the molecule is O=C(O)c1ccc(C2(C(=O)Oc3ccc(C(=NOCc4ccccc4)OCc4ccccc4)cc3)CCCCC2)cc1. The summed E-state index contributed by atoms with van der Waals surface area (Å²) in [5, 5.41) is 13.6. The van der Waals surface area contributed by atoms with E-state index >= 15 is 0 Å². The molecule has 7 nitrogen and oxygen atoms in total. The van der Waals surface area contributed by atoms with Crippen LogP contribution >= 0.6 is 0 Å². The molecule has 42 heavy (non-hydrogen) atoms. The van der Waals surface area contributed by atoms with Crippen LogP contribution in [-0.4, -0.2) is 22.9 Å². The number of carbonyl (C=O) groups excluding carboxylic acids is 1. The van der Waals surface area contributed by atoms with Crippen molar-refractivity contribution < 1.29 is 29.0 Å². The fourth-order valence-electron chi connectivity index (χ4n) is 5.20. The maximum atomic E-state index is 13.7. The summed E-state index contributed by atoms with van der Waals surface area (Å²) in [6.45, 7) is 0.610. The van der Waals surface area contributed by atoms with E-state index < -0.39 is 11.4 Å². The minimum absolute atomic E-state index is 0.188. The number of esters is 1. The minimum atomic E-state index is -0.997. The third kappa shape index (κ3) is 7.04. The normalized spacial score (nSPS) is 14.5. The summed E-state index contributed by atoms with van der Waals surface area (Å²) in [6, 6.07) is 33.1. The van der Waals surface area contributed by atoms with Crippen molar-refractivity contribution in [1.82, 2.24) is 0 Å². The molecule has 1 aliphatic carbocycles. The first-order valence-electron chi connectivity index (χ1n) is 14.1. The van der Waals surface area contributed by atoms with Crippen LogP contribution in [0.5, 0.6) is 5.75 Å². The molecule has 0 saturated heterocycles. The van der Waals surface area contributed by atoms with Gasteiger partial charge in [0.2, 0.25) is 0 Å². The second-order valence-electron chi connectivity index (χ2n) is 10.4. The molecule has 4 aromatic rings. The molecule has 0 radical (unpaired) electrons. The monoisotopic (exact) mass is 563 g/mol. The molecule has 4 aromatic carbocycles. The molecular weight excluding hydrogens is 530 g/mol. The van der Waals surface area contributed by atoms with Crippen LogP contribution in [0.25, 0.3) is 0 Å². The second-order valence-corrected chi connectivity index (χ2v) is 10.4. The largest absolute Gasteiger partial charge is 0.478 e. The lowest BCUT2D eigenvalue weighted by molar-refractivity contribution is -0.142. The zero-order valence-electron chi connectivity index (χ0n) is 23.3. The van der Waals surface area contributed by atoms with Crippen molar-refractivity contribution in [2.75, 3.05) is 0 Å². The van der Waals surface area contributed by atoms with Crippen LogP contribution in [0.3, 0.4) is 0 Å². The van der Waals surface area contributed by atoms with Gasteiger partial charge in [-0.2, -0.15) is 0 Å². The third-order valence-electron chi connectivity index (χ3n) is 7.53. The predicted molar refractivity (Wildman–Crippen MR) is 159 cm³/mol. The molecule has 0 unspecified atom stereocenters. The average molecular weight is 564 g/mol. The number of hydrogen-bond donors (Lipinski definition) is 1. The number of oxime groups is 1. The van der Waals surface area contributed by atoms with Gasteiger partial charge in [0.1, 0.15) is 19.0 Å². The van der Waals surface area contributed by atoms with Crippen LogP contribution in [0, 0.1) is 0 Å². The summed E-state index contributed by atoms with van der Waals surface area (Å²) in [4.78, 5) is 30.6. The van der Waals surface area contributed by atoms with Crippen molar-refractivity contribution in [2.45, 2.75) is 50.7 Å². The number of carbonyl (C=O) groups is 2. The molecule has 214 valence electrons. The van der Waals surface area contributed by atoms with Gasteiger partial charge in [0.05, 0.1) is 11.0 Å². The van der Waals surface area contributed by atoms with Gasteiger partial charge in [0.15, 0.2) is 0 Å². The number of ether oxygens (including phenoxy) is 2. The second kappa shape index (κ2) is 13.6. The van der Waals surface area contributed by atoms with Crippen molar-refractivity contribution in [3.05, 3.63) is 137 Å². The summed E-state index contributed by atoms with van der Waals surface area (Å²) < 4.78 is 12.0. The Labute approximate surface area is 245 Å². The van der Waals surface area contributed by atoms with Gasteiger partial charge in [-0.1, -0.05) is 92.1 Å².